The SMILES string of the molecule is N#Cc1ccc2sc3ccc(-n4c5ccccc5c5cccc(C#N)c54)cc3c2c1. The van der Waals surface area contributed by atoms with E-state index in [1.165, 1.54) is 9.40 Å². The highest BCUT2D eigenvalue weighted by Gasteiger charge is 2.16. The van der Waals surface area contributed by atoms with E-state index in [2.05, 4.69) is 53.1 Å². The summed E-state index contributed by atoms with van der Waals surface area (Å²) in [6.45, 7) is 0. The van der Waals surface area contributed by atoms with Crippen LogP contribution >= 0.6 is 11.3 Å². The lowest BCUT2D eigenvalue weighted by Crippen LogP contribution is -1.95. The molecule has 4 aromatic carbocycles. The molecule has 0 saturated carbocycles. The van der Waals surface area contributed by atoms with Crippen molar-refractivity contribution in [2.75, 3.05) is 0 Å². The Morgan fingerprint density at radius 2 is 1.43 bits per heavy atom. The summed E-state index contributed by atoms with van der Waals surface area (Å²) in [4.78, 5) is 0. The number of rotatable bonds is 1. The molecule has 0 unspecified atom stereocenters. The van der Waals surface area contributed by atoms with Crippen LogP contribution in [0.2, 0.25) is 0 Å². The summed E-state index contributed by atoms with van der Waals surface area (Å²) in [5, 5.41) is 23.5. The van der Waals surface area contributed by atoms with Crippen LogP contribution in [0.25, 0.3) is 47.7 Å². The summed E-state index contributed by atoms with van der Waals surface area (Å²) in [6.07, 6.45) is 0. The van der Waals surface area contributed by atoms with Crippen molar-refractivity contribution < 1.29 is 0 Å². The zero-order valence-corrected chi connectivity index (χ0v) is 16.6. The number of thiophene rings is 1. The molecule has 138 valence electrons. The largest absolute Gasteiger partial charge is 0.308 e. The predicted molar refractivity (Wildman–Crippen MR) is 123 cm³/mol. The zero-order chi connectivity index (χ0) is 20.2. The maximum absolute atomic E-state index is 9.78. The molecule has 0 aliphatic carbocycles. The first-order valence-corrected chi connectivity index (χ1v) is 10.4. The van der Waals surface area contributed by atoms with Gasteiger partial charge < -0.3 is 4.57 Å². The van der Waals surface area contributed by atoms with Crippen LogP contribution in [0.15, 0.2) is 78.9 Å². The molecule has 6 rings (SSSR count). The quantitative estimate of drug-likeness (QED) is 0.302. The lowest BCUT2D eigenvalue weighted by molar-refractivity contribution is 1.18. The van der Waals surface area contributed by atoms with Crippen LogP contribution < -0.4 is 0 Å². The number of para-hydroxylation sites is 2. The van der Waals surface area contributed by atoms with Gasteiger partial charge in [0.15, 0.2) is 0 Å². The van der Waals surface area contributed by atoms with Gasteiger partial charge in [0.2, 0.25) is 0 Å². The van der Waals surface area contributed by atoms with Crippen molar-refractivity contribution in [3.05, 3.63) is 90.0 Å². The summed E-state index contributed by atoms with van der Waals surface area (Å²) >= 11 is 1.73. The van der Waals surface area contributed by atoms with Gasteiger partial charge in [0.05, 0.1) is 28.2 Å². The zero-order valence-electron chi connectivity index (χ0n) is 15.8. The minimum Gasteiger partial charge on any atom is -0.308 e. The normalized spacial score (nSPS) is 11.3. The van der Waals surface area contributed by atoms with Crippen molar-refractivity contribution >= 4 is 53.3 Å². The second-order valence-electron chi connectivity index (χ2n) is 7.27. The van der Waals surface area contributed by atoms with Gasteiger partial charge >= 0.3 is 0 Å². The maximum atomic E-state index is 9.78. The molecule has 0 aliphatic heterocycles. The van der Waals surface area contributed by atoms with Crippen LogP contribution in [0.1, 0.15) is 11.1 Å². The molecule has 0 amide bonds. The van der Waals surface area contributed by atoms with Gasteiger partial charge in [0, 0.05) is 36.6 Å². The smallest absolute Gasteiger partial charge is 0.101 e. The van der Waals surface area contributed by atoms with Crippen LogP contribution in [-0.4, -0.2) is 4.57 Å². The topological polar surface area (TPSA) is 52.5 Å². The van der Waals surface area contributed by atoms with Gasteiger partial charge in [-0.2, -0.15) is 10.5 Å². The van der Waals surface area contributed by atoms with Crippen molar-refractivity contribution in [3.8, 4) is 17.8 Å². The molecule has 0 spiro atoms. The highest BCUT2D eigenvalue weighted by Crippen LogP contribution is 2.38. The highest BCUT2D eigenvalue weighted by molar-refractivity contribution is 7.25. The number of hydrogen-bond donors (Lipinski definition) is 0. The maximum Gasteiger partial charge on any atom is 0.101 e. The summed E-state index contributed by atoms with van der Waals surface area (Å²) in [6, 6.07) is 31.0. The third-order valence-electron chi connectivity index (χ3n) is 5.66. The first kappa shape index (κ1) is 16.8. The Bertz CT molecular complexity index is 1720. The van der Waals surface area contributed by atoms with E-state index >= 15 is 0 Å². The molecule has 0 fully saturated rings. The Hall–Kier alpha value is -4.12. The summed E-state index contributed by atoms with van der Waals surface area (Å²) < 4.78 is 4.53. The number of nitriles is 2. The van der Waals surface area contributed by atoms with E-state index in [-0.39, 0.29) is 0 Å². The standard InChI is InChI=1S/C26H13N3S/c27-14-16-8-10-24-21(12-16)22-13-18(9-11-25(22)30-24)29-23-7-2-1-5-19(23)20-6-3-4-17(15-28)26(20)29/h1-13H. The first-order valence-electron chi connectivity index (χ1n) is 9.57. The van der Waals surface area contributed by atoms with E-state index in [1.807, 2.05) is 42.5 Å². The van der Waals surface area contributed by atoms with Gasteiger partial charge in [-0.15, -0.1) is 11.3 Å². The lowest BCUT2D eigenvalue weighted by atomic mass is 10.1. The number of fused-ring (bicyclic) bond motifs is 6. The lowest BCUT2D eigenvalue weighted by Gasteiger charge is -2.09. The first-order chi connectivity index (χ1) is 14.8. The van der Waals surface area contributed by atoms with Crippen LogP contribution in [0.3, 0.4) is 0 Å². The number of hydrogen-bond acceptors (Lipinski definition) is 3. The van der Waals surface area contributed by atoms with Gasteiger partial charge in [0.25, 0.3) is 0 Å². The van der Waals surface area contributed by atoms with Gasteiger partial charge in [0.1, 0.15) is 6.07 Å². The van der Waals surface area contributed by atoms with Crippen LogP contribution in [0, 0.1) is 22.7 Å². The fourth-order valence-corrected chi connectivity index (χ4v) is 5.42. The van der Waals surface area contributed by atoms with Crippen molar-refractivity contribution in [2.24, 2.45) is 0 Å². The second kappa shape index (κ2) is 6.19. The number of nitrogens with zero attached hydrogens (tertiary/aromatic N) is 3. The summed E-state index contributed by atoms with van der Waals surface area (Å²) in [5.41, 5.74) is 4.34. The Morgan fingerprint density at radius 1 is 0.667 bits per heavy atom. The van der Waals surface area contributed by atoms with Gasteiger partial charge in [-0.3, -0.25) is 0 Å². The third kappa shape index (κ3) is 2.23. The average molecular weight is 399 g/mol. The monoisotopic (exact) mass is 399 g/mol. The fourth-order valence-electron chi connectivity index (χ4n) is 4.35. The van der Waals surface area contributed by atoms with Gasteiger partial charge in [-0.25, -0.2) is 0 Å². The van der Waals surface area contributed by atoms with E-state index in [0.29, 0.717) is 11.1 Å². The van der Waals surface area contributed by atoms with Crippen LogP contribution in [0.5, 0.6) is 0 Å². The summed E-state index contributed by atoms with van der Waals surface area (Å²) in [5.74, 6) is 0. The van der Waals surface area contributed by atoms with Crippen molar-refractivity contribution in [1.82, 2.24) is 4.57 Å². The molecule has 0 N–H and O–H groups in total. The molecule has 0 atom stereocenters. The van der Waals surface area contributed by atoms with E-state index in [9.17, 15) is 10.5 Å². The van der Waals surface area contributed by atoms with E-state index in [4.69, 9.17) is 0 Å². The molecule has 3 nitrogen and oxygen atoms in total. The van der Waals surface area contributed by atoms with Crippen LogP contribution in [-0.2, 0) is 0 Å². The minimum atomic E-state index is 0.658. The van der Waals surface area contributed by atoms with Crippen molar-refractivity contribution in [1.29, 1.82) is 10.5 Å². The fraction of sp³-hybridized carbons (Fsp3) is 0. The highest BCUT2D eigenvalue weighted by atomic mass is 32.1. The molecule has 0 saturated heterocycles. The minimum absolute atomic E-state index is 0.658. The molecule has 2 aromatic heterocycles. The predicted octanol–water partition coefficient (Wildman–Crippen LogP) is 6.89. The molecular weight excluding hydrogens is 386 g/mol. The Labute approximate surface area is 176 Å². The van der Waals surface area contributed by atoms with Crippen LogP contribution in [0.4, 0.5) is 0 Å². The molecule has 0 aliphatic rings. The van der Waals surface area contributed by atoms with Gasteiger partial charge in [-0.05, 0) is 48.5 Å². The Balaban J connectivity index is 1.76. The Kier molecular flexibility index (Phi) is 3.47. The third-order valence-corrected chi connectivity index (χ3v) is 6.81. The molecule has 4 heteroatoms. The Morgan fingerprint density at radius 3 is 2.27 bits per heavy atom. The van der Waals surface area contributed by atoms with E-state index < -0.39 is 0 Å². The van der Waals surface area contributed by atoms with Gasteiger partial charge in [-0.1, -0.05) is 30.3 Å². The molecule has 6 aromatic rings. The second-order valence-corrected chi connectivity index (χ2v) is 8.36. The molecule has 0 radical (unpaired) electrons. The number of benzene rings is 4. The van der Waals surface area contributed by atoms with Crippen molar-refractivity contribution in [2.45, 2.75) is 0 Å². The average Bonchev–Trinajstić information content (AvgIpc) is 3.33. The number of aromatic nitrogens is 1. The van der Waals surface area contributed by atoms with E-state index in [1.54, 1.807) is 11.3 Å². The molecule has 0 bridgehead atoms. The van der Waals surface area contributed by atoms with E-state index in [0.717, 1.165) is 38.3 Å². The molecule has 30 heavy (non-hydrogen) atoms. The molecule has 2 heterocycles. The molecular formula is C26H13N3S. The van der Waals surface area contributed by atoms with Crippen molar-refractivity contribution in [3.63, 3.8) is 0 Å². The summed E-state index contributed by atoms with van der Waals surface area (Å²) in [7, 11) is 0.